The lowest BCUT2D eigenvalue weighted by atomic mass is 10.2. The quantitative estimate of drug-likeness (QED) is 0.656. The molecule has 2 heterocycles. The number of nitrogens with one attached hydrogen (secondary N) is 2. The van der Waals surface area contributed by atoms with Crippen molar-refractivity contribution in [1.29, 1.82) is 0 Å². The van der Waals surface area contributed by atoms with Crippen molar-refractivity contribution in [3.8, 4) is 0 Å². The summed E-state index contributed by atoms with van der Waals surface area (Å²) in [6.45, 7) is 2.19. The lowest BCUT2D eigenvalue weighted by molar-refractivity contribution is 0.102. The van der Waals surface area contributed by atoms with Gasteiger partial charge in [0.15, 0.2) is 0 Å². The molecular weight excluding hydrogens is 374 g/mol. The molecule has 1 aliphatic rings. The van der Waals surface area contributed by atoms with E-state index in [4.69, 9.17) is 11.6 Å². The average molecular weight is 394 g/mol. The van der Waals surface area contributed by atoms with Crippen molar-refractivity contribution in [3.05, 3.63) is 71.6 Å². The summed E-state index contributed by atoms with van der Waals surface area (Å²) in [5.41, 5.74) is 3.03. The van der Waals surface area contributed by atoms with Crippen molar-refractivity contribution in [3.63, 3.8) is 0 Å². The average Bonchev–Trinajstić information content (AvgIpc) is 3.25. The van der Waals surface area contributed by atoms with Crippen molar-refractivity contribution in [2.24, 2.45) is 0 Å². The molecule has 142 valence electrons. The highest BCUT2D eigenvalue weighted by atomic mass is 35.5. The summed E-state index contributed by atoms with van der Waals surface area (Å²) in [5.74, 6) is 0.252. The molecule has 1 saturated heterocycles. The van der Waals surface area contributed by atoms with Crippen molar-refractivity contribution < 1.29 is 4.79 Å². The topological polar surface area (TPSA) is 70.2 Å². The van der Waals surface area contributed by atoms with Crippen LogP contribution < -0.4 is 15.5 Å². The predicted molar refractivity (Wildman–Crippen MR) is 113 cm³/mol. The van der Waals surface area contributed by atoms with Crippen LogP contribution >= 0.6 is 11.6 Å². The van der Waals surface area contributed by atoms with Crippen LogP contribution in [0.3, 0.4) is 0 Å². The van der Waals surface area contributed by atoms with Gasteiger partial charge in [0.25, 0.3) is 5.91 Å². The van der Waals surface area contributed by atoms with E-state index in [2.05, 4.69) is 25.5 Å². The number of anilines is 4. The first-order valence-electron chi connectivity index (χ1n) is 9.18. The first kappa shape index (κ1) is 18.3. The zero-order valence-corrected chi connectivity index (χ0v) is 16.0. The van der Waals surface area contributed by atoms with Gasteiger partial charge in [-0.3, -0.25) is 4.79 Å². The predicted octanol–water partition coefficient (Wildman–Crippen LogP) is 4.73. The number of aromatic nitrogens is 2. The second-order valence-electron chi connectivity index (χ2n) is 6.62. The molecule has 0 spiro atoms. The van der Waals surface area contributed by atoms with Gasteiger partial charge in [0, 0.05) is 41.2 Å². The number of carbonyl (C=O) groups is 1. The Hall–Kier alpha value is -3.12. The lowest BCUT2D eigenvalue weighted by Crippen LogP contribution is -2.18. The molecule has 28 heavy (non-hydrogen) atoms. The maximum Gasteiger partial charge on any atom is 0.274 e. The van der Waals surface area contributed by atoms with Gasteiger partial charge in [-0.05, 0) is 61.4 Å². The molecule has 7 heteroatoms. The summed E-state index contributed by atoms with van der Waals surface area (Å²) in [6, 6.07) is 16.8. The lowest BCUT2D eigenvalue weighted by Gasteiger charge is -2.17. The van der Waals surface area contributed by atoms with Crippen LogP contribution in [0.1, 0.15) is 23.3 Å². The zero-order valence-electron chi connectivity index (χ0n) is 15.2. The summed E-state index contributed by atoms with van der Waals surface area (Å²) in [7, 11) is 0. The highest BCUT2D eigenvalue weighted by Crippen LogP contribution is 2.22. The van der Waals surface area contributed by atoms with Crippen LogP contribution in [0.15, 0.2) is 60.9 Å². The molecule has 0 bridgehead atoms. The second-order valence-corrected chi connectivity index (χ2v) is 7.05. The first-order valence-corrected chi connectivity index (χ1v) is 9.56. The Bertz CT molecular complexity index is 953. The SMILES string of the molecule is O=C(Nc1ccc(N2CCCC2)cc1)c1cc(Nc2ccc(Cl)cc2)ncn1. The van der Waals surface area contributed by atoms with Gasteiger partial charge < -0.3 is 15.5 Å². The van der Waals surface area contributed by atoms with E-state index in [0.29, 0.717) is 10.8 Å². The molecule has 1 amide bonds. The smallest absolute Gasteiger partial charge is 0.274 e. The van der Waals surface area contributed by atoms with Crippen LogP contribution in [0.5, 0.6) is 0 Å². The third kappa shape index (κ3) is 4.40. The Labute approximate surface area is 168 Å². The maximum atomic E-state index is 12.5. The summed E-state index contributed by atoms with van der Waals surface area (Å²) >= 11 is 5.90. The Balaban J connectivity index is 1.42. The summed E-state index contributed by atoms with van der Waals surface area (Å²) in [6.07, 6.45) is 3.83. The highest BCUT2D eigenvalue weighted by molar-refractivity contribution is 6.30. The van der Waals surface area contributed by atoms with Gasteiger partial charge in [-0.2, -0.15) is 0 Å². The summed E-state index contributed by atoms with van der Waals surface area (Å²) in [4.78, 5) is 23.1. The Kier molecular flexibility index (Phi) is 5.39. The Morgan fingerprint density at radius 2 is 1.61 bits per heavy atom. The van der Waals surface area contributed by atoms with E-state index in [0.717, 1.165) is 24.5 Å². The van der Waals surface area contributed by atoms with Gasteiger partial charge in [0.1, 0.15) is 17.8 Å². The molecule has 1 fully saturated rings. The third-order valence-corrected chi connectivity index (χ3v) is 4.86. The van der Waals surface area contributed by atoms with Gasteiger partial charge in [-0.1, -0.05) is 11.6 Å². The minimum atomic E-state index is -0.282. The molecule has 0 radical (unpaired) electrons. The van der Waals surface area contributed by atoms with Crippen LogP contribution in [0.4, 0.5) is 22.9 Å². The van der Waals surface area contributed by atoms with Crippen LogP contribution in [-0.2, 0) is 0 Å². The number of nitrogens with zero attached hydrogens (tertiary/aromatic N) is 3. The fraction of sp³-hybridized carbons (Fsp3) is 0.190. The number of amides is 1. The van der Waals surface area contributed by atoms with Crippen LogP contribution in [0.25, 0.3) is 0 Å². The number of rotatable bonds is 5. The Morgan fingerprint density at radius 1 is 0.929 bits per heavy atom. The molecular formula is C21H20ClN5O. The number of hydrogen-bond donors (Lipinski definition) is 2. The van der Waals surface area contributed by atoms with E-state index in [1.165, 1.54) is 24.9 Å². The molecule has 2 N–H and O–H groups in total. The molecule has 0 atom stereocenters. The molecule has 1 aromatic heterocycles. The van der Waals surface area contributed by atoms with Crippen LogP contribution in [0, 0.1) is 0 Å². The first-order chi connectivity index (χ1) is 13.7. The van der Waals surface area contributed by atoms with E-state index in [1.54, 1.807) is 18.2 Å². The largest absolute Gasteiger partial charge is 0.372 e. The van der Waals surface area contributed by atoms with E-state index in [9.17, 15) is 4.79 Å². The molecule has 6 nitrogen and oxygen atoms in total. The van der Waals surface area contributed by atoms with Crippen molar-refractivity contribution >= 4 is 40.4 Å². The summed E-state index contributed by atoms with van der Waals surface area (Å²) < 4.78 is 0. The monoisotopic (exact) mass is 393 g/mol. The molecule has 3 aromatic rings. The minimum absolute atomic E-state index is 0.282. The van der Waals surface area contributed by atoms with Crippen LogP contribution in [-0.4, -0.2) is 29.0 Å². The molecule has 0 saturated carbocycles. The van der Waals surface area contributed by atoms with E-state index >= 15 is 0 Å². The van der Waals surface area contributed by atoms with Crippen LogP contribution in [0.2, 0.25) is 5.02 Å². The number of hydrogen-bond acceptors (Lipinski definition) is 5. The molecule has 1 aliphatic heterocycles. The second kappa shape index (κ2) is 8.27. The van der Waals surface area contributed by atoms with E-state index in [-0.39, 0.29) is 11.6 Å². The normalized spacial score (nSPS) is 13.4. The summed E-state index contributed by atoms with van der Waals surface area (Å²) in [5, 5.41) is 6.67. The van der Waals surface area contributed by atoms with Gasteiger partial charge >= 0.3 is 0 Å². The van der Waals surface area contributed by atoms with Gasteiger partial charge in [-0.25, -0.2) is 9.97 Å². The molecule has 2 aromatic carbocycles. The zero-order chi connectivity index (χ0) is 19.3. The fourth-order valence-electron chi connectivity index (χ4n) is 3.16. The Morgan fingerprint density at radius 3 is 2.32 bits per heavy atom. The third-order valence-electron chi connectivity index (χ3n) is 4.61. The molecule has 0 aliphatic carbocycles. The number of halogens is 1. The van der Waals surface area contributed by atoms with Gasteiger partial charge in [-0.15, -0.1) is 0 Å². The van der Waals surface area contributed by atoms with Crippen molar-refractivity contribution in [2.75, 3.05) is 28.6 Å². The van der Waals surface area contributed by atoms with Gasteiger partial charge in [0.2, 0.25) is 0 Å². The van der Waals surface area contributed by atoms with E-state index < -0.39 is 0 Å². The van der Waals surface area contributed by atoms with E-state index in [1.807, 2.05) is 36.4 Å². The fourth-order valence-corrected chi connectivity index (χ4v) is 3.28. The van der Waals surface area contributed by atoms with Gasteiger partial charge in [0.05, 0.1) is 0 Å². The molecule has 4 rings (SSSR count). The van der Waals surface area contributed by atoms with Crippen molar-refractivity contribution in [1.82, 2.24) is 9.97 Å². The maximum absolute atomic E-state index is 12.5. The number of carbonyl (C=O) groups excluding carboxylic acids is 1. The van der Waals surface area contributed by atoms with Crippen molar-refractivity contribution in [2.45, 2.75) is 12.8 Å². The molecule has 0 unspecified atom stereocenters. The minimum Gasteiger partial charge on any atom is -0.372 e. The number of benzene rings is 2. The standard InChI is InChI=1S/C21H20ClN5O/c22-15-3-5-16(6-4-15)25-20-13-19(23-14-24-20)21(28)26-17-7-9-18(10-8-17)27-11-1-2-12-27/h3-10,13-14H,1-2,11-12H2,(H,26,28)(H,23,24,25). The highest BCUT2D eigenvalue weighted by Gasteiger charge is 2.13.